The fourth-order valence-electron chi connectivity index (χ4n) is 2.12. The zero-order valence-corrected chi connectivity index (χ0v) is 15.5. The van der Waals surface area contributed by atoms with Crippen LogP contribution in [0.25, 0.3) is 5.69 Å². The standard InChI is InChI=1S/C17H20N4O4S/c1-11(2)19-16(24)20-14(22)10-25-15(23)13-9-18-17(26-3)21(13)12-7-5-4-6-8-12/h4-9,11H,10H2,1-3H3,(H2,19,20,22,24). The molecule has 1 aromatic carbocycles. The van der Waals surface area contributed by atoms with Gasteiger partial charge in [0.15, 0.2) is 17.5 Å². The lowest BCUT2D eigenvalue weighted by Crippen LogP contribution is -2.44. The van der Waals surface area contributed by atoms with Gasteiger partial charge in [0, 0.05) is 11.7 Å². The van der Waals surface area contributed by atoms with E-state index < -0.39 is 24.5 Å². The Labute approximate surface area is 155 Å². The maximum absolute atomic E-state index is 12.4. The van der Waals surface area contributed by atoms with Gasteiger partial charge in [0.25, 0.3) is 5.91 Å². The molecule has 3 amide bonds. The molecular formula is C17H20N4O4S. The Morgan fingerprint density at radius 3 is 2.54 bits per heavy atom. The van der Waals surface area contributed by atoms with E-state index >= 15 is 0 Å². The number of benzene rings is 1. The first kappa shape index (κ1) is 19.5. The van der Waals surface area contributed by atoms with E-state index in [1.165, 1.54) is 18.0 Å². The van der Waals surface area contributed by atoms with E-state index in [0.29, 0.717) is 5.16 Å². The number of aromatic nitrogens is 2. The minimum Gasteiger partial charge on any atom is -0.451 e. The maximum Gasteiger partial charge on any atom is 0.357 e. The number of nitrogens with one attached hydrogen (secondary N) is 2. The predicted octanol–water partition coefficient (Wildman–Crippen LogP) is 1.99. The minimum atomic E-state index is -0.715. The van der Waals surface area contributed by atoms with E-state index in [-0.39, 0.29) is 11.7 Å². The first-order valence-corrected chi connectivity index (χ1v) is 9.09. The molecule has 0 fully saturated rings. The van der Waals surface area contributed by atoms with E-state index in [9.17, 15) is 14.4 Å². The molecule has 0 atom stereocenters. The third kappa shape index (κ3) is 5.09. The molecule has 2 aromatic rings. The smallest absolute Gasteiger partial charge is 0.357 e. The van der Waals surface area contributed by atoms with Gasteiger partial charge in [0.2, 0.25) is 0 Å². The second-order valence-electron chi connectivity index (χ2n) is 5.55. The molecule has 8 nitrogen and oxygen atoms in total. The maximum atomic E-state index is 12.4. The van der Waals surface area contributed by atoms with Crippen LogP contribution in [-0.2, 0) is 9.53 Å². The van der Waals surface area contributed by atoms with Crippen molar-refractivity contribution < 1.29 is 19.1 Å². The Bertz CT molecular complexity index is 789. The van der Waals surface area contributed by atoms with Crippen LogP contribution in [0.5, 0.6) is 0 Å². The summed E-state index contributed by atoms with van der Waals surface area (Å²) in [6, 6.07) is 8.46. The number of rotatable bonds is 6. The highest BCUT2D eigenvalue weighted by Crippen LogP contribution is 2.22. The lowest BCUT2D eigenvalue weighted by molar-refractivity contribution is -0.123. The summed E-state index contributed by atoms with van der Waals surface area (Å²) in [6.45, 7) is 2.95. The Morgan fingerprint density at radius 2 is 1.92 bits per heavy atom. The highest BCUT2D eigenvalue weighted by Gasteiger charge is 2.20. The lowest BCUT2D eigenvalue weighted by Gasteiger charge is -2.11. The van der Waals surface area contributed by atoms with Crippen LogP contribution in [0.2, 0.25) is 0 Å². The summed E-state index contributed by atoms with van der Waals surface area (Å²) in [5, 5.41) is 5.21. The van der Waals surface area contributed by atoms with Crippen molar-refractivity contribution in [1.82, 2.24) is 20.2 Å². The van der Waals surface area contributed by atoms with Crippen LogP contribution in [0.1, 0.15) is 24.3 Å². The Balaban J connectivity index is 2.05. The molecule has 0 aliphatic rings. The molecule has 2 N–H and O–H groups in total. The van der Waals surface area contributed by atoms with Crippen molar-refractivity contribution in [2.24, 2.45) is 0 Å². The van der Waals surface area contributed by atoms with Gasteiger partial charge in [-0.15, -0.1) is 0 Å². The van der Waals surface area contributed by atoms with Crippen molar-refractivity contribution in [3.05, 3.63) is 42.2 Å². The number of para-hydroxylation sites is 1. The largest absolute Gasteiger partial charge is 0.451 e. The number of ether oxygens (including phenoxy) is 1. The van der Waals surface area contributed by atoms with Crippen LogP contribution >= 0.6 is 11.8 Å². The van der Waals surface area contributed by atoms with E-state index in [1.54, 1.807) is 18.4 Å². The molecule has 0 unspecified atom stereocenters. The summed E-state index contributed by atoms with van der Waals surface area (Å²) in [6.07, 6.45) is 3.24. The molecule has 0 radical (unpaired) electrons. The second-order valence-corrected chi connectivity index (χ2v) is 6.33. The molecule has 0 spiro atoms. The number of urea groups is 1. The van der Waals surface area contributed by atoms with Gasteiger partial charge in [0.1, 0.15) is 0 Å². The predicted molar refractivity (Wildman–Crippen MR) is 97.4 cm³/mol. The van der Waals surface area contributed by atoms with E-state index in [0.717, 1.165) is 5.69 Å². The third-order valence-electron chi connectivity index (χ3n) is 3.14. The number of hydrogen-bond acceptors (Lipinski definition) is 6. The first-order chi connectivity index (χ1) is 12.4. The topological polar surface area (TPSA) is 102 Å². The average Bonchev–Trinajstić information content (AvgIpc) is 3.03. The molecule has 26 heavy (non-hydrogen) atoms. The summed E-state index contributed by atoms with van der Waals surface area (Å²) in [5.74, 6) is -1.42. The Morgan fingerprint density at radius 1 is 1.23 bits per heavy atom. The number of nitrogens with zero attached hydrogens (tertiary/aromatic N) is 2. The van der Waals surface area contributed by atoms with Crippen LogP contribution in [0, 0.1) is 0 Å². The lowest BCUT2D eigenvalue weighted by atomic mass is 10.3. The number of hydrogen-bond donors (Lipinski definition) is 2. The van der Waals surface area contributed by atoms with Crippen molar-refractivity contribution in [3.8, 4) is 5.69 Å². The van der Waals surface area contributed by atoms with Gasteiger partial charge in [-0.3, -0.25) is 14.7 Å². The third-order valence-corrected chi connectivity index (χ3v) is 3.80. The van der Waals surface area contributed by atoms with Crippen LogP contribution in [0.3, 0.4) is 0 Å². The quantitative estimate of drug-likeness (QED) is 0.590. The van der Waals surface area contributed by atoms with Crippen molar-refractivity contribution in [3.63, 3.8) is 0 Å². The number of thioether (sulfide) groups is 1. The fraction of sp³-hybridized carbons (Fsp3) is 0.294. The van der Waals surface area contributed by atoms with Gasteiger partial charge in [-0.2, -0.15) is 0 Å². The monoisotopic (exact) mass is 376 g/mol. The fourth-order valence-corrected chi connectivity index (χ4v) is 2.66. The summed E-state index contributed by atoms with van der Waals surface area (Å²) < 4.78 is 6.66. The molecule has 0 bridgehead atoms. The summed E-state index contributed by atoms with van der Waals surface area (Å²) in [4.78, 5) is 39.7. The highest BCUT2D eigenvalue weighted by atomic mass is 32.2. The van der Waals surface area contributed by atoms with Gasteiger partial charge in [-0.1, -0.05) is 30.0 Å². The second kappa shape index (κ2) is 9.04. The van der Waals surface area contributed by atoms with E-state index in [1.807, 2.05) is 36.6 Å². The first-order valence-electron chi connectivity index (χ1n) is 7.87. The highest BCUT2D eigenvalue weighted by molar-refractivity contribution is 7.98. The SMILES string of the molecule is CSc1ncc(C(=O)OCC(=O)NC(=O)NC(C)C)n1-c1ccccc1. The van der Waals surface area contributed by atoms with Gasteiger partial charge in [-0.05, 0) is 32.2 Å². The number of amides is 3. The van der Waals surface area contributed by atoms with Crippen molar-refractivity contribution in [1.29, 1.82) is 0 Å². The molecule has 0 saturated carbocycles. The molecule has 1 aromatic heterocycles. The molecule has 0 aliphatic carbocycles. The van der Waals surface area contributed by atoms with Crippen LogP contribution in [0.4, 0.5) is 4.79 Å². The Kier molecular flexibility index (Phi) is 6.79. The zero-order valence-electron chi connectivity index (χ0n) is 14.7. The molecule has 2 rings (SSSR count). The number of imide groups is 1. The number of imidazole rings is 1. The van der Waals surface area contributed by atoms with E-state index in [4.69, 9.17) is 4.74 Å². The van der Waals surface area contributed by atoms with Gasteiger partial charge in [-0.25, -0.2) is 14.6 Å². The van der Waals surface area contributed by atoms with Gasteiger partial charge >= 0.3 is 12.0 Å². The molecule has 138 valence electrons. The number of carbonyl (C=O) groups is 3. The van der Waals surface area contributed by atoms with Crippen LogP contribution in [-0.4, -0.2) is 46.4 Å². The molecule has 9 heteroatoms. The molecular weight excluding hydrogens is 356 g/mol. The van der Waals surface area contributed by atoms with Gasteiger partial charge in [0.05, 0.1) is 6.20 Å². The molecule has 0 aliphatic heterocycles. The van der Waals surface area contributed by atoms with E-state index in [2.05, 4.69) is 15.6 Å². The van der Waals surface area contributed by atoms with Crippen molar-refractivity contribution >= 4 is 29.7 Å². The zero-order chi connectivity index (χ0) is 19.1. The molecule has 0 saturated heterocycles. The van der Waals surface area contributed by atoms with Gasteiger partial charge < -0.3 is 10.1 Å². The minimum absolute atomic E-state index is 0.115. The van der Waals surface area contributed by atoms with Crippen molar-refractivity contribution in [2.75, 3.05) is 12.9 Å². The van der Waals surface area contributed by atoms with Crippen molar-refractivity contribution in [2.45, 2.75) is 25.0 Å². The number of esters is 1. The van der Waals surface area contributed by atoms with Crippen LogP contribution in [0.15, 0.2) is 41.7 Å². The van der Waals surface area contributed by atoms with Crippen LogP contribution < -0.4 is 10.6 Å². The Hall–Kier alpha value is -2.81. The number of carbonyl (C=O) groups excluding carboxylic acids is 3. The summed E-state index contributed by atoms with van der Waals surface area (Å²) in [7, 11) is 0. The summed E-state index contributed by atoms with van der Waals surface area (Å²) >= 11 is 1.38. The average molecular weight is 376 g/mol. The normalized spacial score (nSPS) is 10.5. The molecule has 1 heterocycles. The summed E-state index contributed by atoms with van der Waals surface area (Å²) in [5.41, 5.74) is 0.946.